The summed E-state index contributed by atoms with van der Waals surface area (Å²) in [6.45, 7) is 4.92. The lowest BCUT2D eigenvalue weighted by atomic mass is 9.78. The SMILES string of the molecule is CC1(C)Cc2cc(CNc3cc(C4CC(N)C4)nc(N)n3)ccc2O1. The van der Waals surface area contributed by atoms with Crippen molar-refractivity contribution in [3.05, 3.63) is 41.1 Å². The van der Waals surface area contributed by atoms with Gasteiger partial charge in [-0.15, -0.1) is 0 Å². The predicted molar refractivity (Wildman–Crippen MR) is 98.6 cm³/mol. The molecule has 132 valence electrons. The highest BCUT2D eigenvalue weighted by atomic mass is 16.5. The van der Waals surface area contributed by atoms with Gasteiger partial charge in [0.25, 0.3) is 0 Å². The van der Waals surface area contributed by atoms with Crippen molar-refractivity contribution in [2.45, 2.75) is 57.2 Å². The van der Waals surface area contributed by atoms with E-state index in [2.05, 4.69) is 47.3 Å². The van der Waals surface area contributed by atoms with Gasteiger partial charge in [-0.3, -0.25) is 0 Å². The van der Waals surface area contributed by atoms with Crippen molar-refractivity contribution < 1.29 is 4.74 Å². The molecule has 1 saturated carbocycles. The first kappa shape index (κ1) is 16.1. The molecular formula is C19H25N5O. The Morgan fingerprint density at radius 2 is 2.04 bits per heavy atom. The van der Waals surface area contributed by atoms with E-state index in [1.165, 1.54) is 11.1 Å². The number of nitrogen functional groups attached to an aromatic ring is 1. The Morgan fingerprint density at radius 1 is 1.24 bits per heavy atom. The van der Waals surface area contributed by atoms with Gasteiger partial charge in [-0.05, 0) is 43.9 Å². The zero-order valence-electron chi connectivity index (χ0n) is 14.7. The van der Waals surface area contributed by atoms with Crippen LogP contribution >= 0.6 is 0 Å². The molecule has 2 aromatic rings. The molecule has 6 heteroatoms. The normalized spacial score (nSPS) is 23.5. The summed E-state index contributed by atoms with van der Waals surface area (Å²) in [6, 6.07) is 8.62. The van der Waals surface area contributed by atoms with Crippen molar-refractivity contribution >= 4 is 11.8 Å². The fraction of sp³-hybridized carbons (Fsp3) is 0.474. The van der Waals surface area contributed by atoms with Crippen LogP contribution in [0.1, 0.15) is 49.4 Å². The number of hydrogen-bond acceptors (Lipinski definition) is 6. The summed E-state index contributed by atoms with van der Waals surface area (Å²) < 4.78 is 5.93. The number of hydrogen-bond donors (Lipinski definition) is 3. The fourth-order valence-electron chi connectivity index (χ4n) is 3.65. The standard InChI is InChI=1S/C19H25N5O/c1-19(2)9-13-5-11(3-4-16(13)25-19)10-22-17-8-15(23-18(21)24-17)12-6-14(20)7-12/h3-5,8,12,14H,6-7,9-10,20H2,1-2H3,(H3,21,22,23,24). The first-order valence-corrected chi connectivity index (χ1v) is 8.83. The number of ether oxygens (including phenoxy) is 1. The van der Waals surface area contributed by atoms with Gasteiger partial charge in [-0.1, -0.05) is 12.1 Å². The second kappa shape index (κ2) is 5.88. The van der Waals surface area contributed by atoms with Crippen molar-refractivity contribution in [3.63, 3.8) is 0 Å². The van der Waals surface area contributed by atoms with Gasteiger partial charge in [-0.25, -0.2) is 4.98 Å². The van der Waals surface area contributed by atoms with Crippen LogP contribution in [0.2, 0.25) is 0 Å². The summed E-state index contributed by atoms with van der Waals surface area (Å²) in [5, 5.41) is 3.37. The van der Waals surface area contributed by atoms with Crippen LogP contribution in [0.3, 0.4) is 0 Å². The second-order valence-corrected chi connectivity index (χ2v) is 7.80. The van der Waals surface area contributed by atoms with E-state index >= 15 is 0 Å². The Morgan fingerprint density at radius 3 is 2.80 bits per heavy atom. The number of aromatic nitrogens is 2. The minimum atomic E-state index is -0.117. The fourth-order valence-corrected chi connectivity index (χ4v) is 3.65. The van der Waals surface area contributed by atoms with Crippen LogP contribution in [0, 0.1) is 0 Å². The van der Waals surface area contributed by atoms with Crippen LogP contribution in [0.25, 0.3) is 0 Å². The van der Waals surface area contributed by atoms with Crippen LogP contribution in [-0.2, 0) is 13.0 Å². The number of benzene rings is 1. The van der Waals surface area contributed by atoms with Crippen LogP contribution in [0.4, 0.5) is 11.8 Å². The Bertz CT molecular complexity index is 798. The highest BCUT2D eigenvalue weighted by Gasteiger charge is 2.30. The lowest BCUT2D eigenvalue weighted by Gasteiger charge is -2.32. The molecule has 25 heavy (non-hydrogen) atoms. The molecule has 0 unspecified atom stereocenters. The molecular weight excluding hydrogens is 314 g/mol. The van der Waals surface area contributed by atoms with Crippen molar-refractivity contribution in [1.29, 1.82) is 0 Å². The topological polar surface area (TPSA) is 99.1 Å². The first-order valence-electron chi connectivity index (χ1n) is 8.83. The Balaban J connectivity index is 1.45. The van der Waals surface area contributed by atoms with Crippen molar-refractivity contribution in [3.8, 4) is 5.75 Å². The second-order valence-electron chi connectivity index (χ2n) is 7.80. The summed E-state index contributed by atoms with van der Waals surface area (Å²) in [6.07, 6.45) is 2.87. The van der Waals surface area contributed by atoms with Gasteiger partial charge in [0.05, 0.1) is 5.69 Å². The molecule has 0 saturated heterocycles. The van der Waals surface area contributed by atoms with Crippen LogP contribution in [0.5, 0.6) is 5.75 Å². The maximum Gasteiger partial charge on any atom is 0.222 e. The predicted octanol–water partition coefficient (Wildman–Crippen LogP) is 2.59. The lowest BCUT2D eigenvalue weighted by Crippen LogP contribution is -2.35. The average Bonchev–Trinajstić information content (AvgIpc) is 2.82. The van der Waals surface area contributed by atoms with E-state index in [4.69, 9.17) is 16.2 Å². The number of nitrogens with zero attached hydrogens (tertiary/aromatic N) is 2. The van der Waals surface area contributed by atoms with E-state index in [0.717, 1.165) is 36.5 Å². The summed E-state index contributed by atoms with van der Waals surface area (Å²) in [5.74, 6) is 2.47. The van der Waals surface area contributed by atoms with Crippen molar-refractivity contribution in [2.24, 2.45) is 5.73 Å². The van der Waals surface area contributed by atoms with Gasteiger partial charge in [-0.2, -0.15) is 4.98 Å². The third kappa shape index (κ3) is 3.39. The molecule has 0 radical (unpaired) electrons. The van der Waals surface area contributed by atoms with Gasteiger partial charge in [0.2, 0.25) is 5.95 Å². The largest absolute Gasteiger partial charge is 0.487 e. The van der Waals surface area contributed by atoms with Gasteiger partial charge < -0.3 is 21.5 Å². The van der Waals surface area contributed by atoms with Gasteiger partial charge in [0.15, 0.2) is 0 Å². The van der Waals surface area contributed by atoms with Gasteiger partial charge in [0, 0.05) is 31.0 Å². The molecule has 0 bridgehead atoms. The molecule has 0 amide bonds. The number of anilines is 2. The zero-order chi connectivity index (χ0) is 17.6. The number of fused-ring (bicyclic) bond motifs is 1. The van der Waals surface area contributed by atoms with Crippen molar-refractivity contribution in [1.82, 2.24) is 9.97 Å². The third-order valence-electron chi connectivity index (χ3n) is 4.96. The van der Waals surface area contributed by atoms with E-state index < -0.39 is 0 Å². The quantitative estimate of drug-likeness (QED) is 0.792. The molecule has 6 nitrogen and oxygen atoms in total. The summed E-state index contributed by atoms with van der Waals surface area (Å²) in [4.78, 5) is 8.67. The average molecular weight is 339 g/mol. The molecule has 2 heterocycles. The first-order chi connectivity index (χ1) is 11.9. The summed E-state index contributed by atoms with van der Waals surface area (Å²) >= 11 is 0. The van der Waals surface area contributed by atoms with E-state index in [0.29, 0.717) is 18.4 Å². The van der Waals surface area contributed by atoms with Gasteiger partial charge >= 0.3 is 0 Å². The number of nitrogens with one attached hydrogen (secondary N) is 1. The molecule has 1 aliphatic carbocycles. The summed E-state index contributed by atoms with van der Waals surface area (Å²) in [7, 11) is 0. The van der Waals surface area contributed by atoms with Crippen LogP contribution < -0.4 is 21.5 Å². The smallest absolute Gasteiger partial charge is 0.222 e. The number of nitrogens with two attached hydrogens (primary N) is 2. The summed E-state index contributed by atoms with van der Waals surface area (Å²) in [5.41, 5.74) is 15.1. The monoisotopic (exact) mass is 339 g/mol. The lowest BCUT2D eigenvalue weighted by molar-refractivity contribution is 0.138. The van der Waals surface area contributed by atoms with Crippen LogP contribution in [-0.4, -0.2) is 21.6 Å². The highest BCUT2D eigenvalue weighted by molar-refractivity contribution is 5.45. The highest BCUT2D eigenvalue weighted by Crippen LogP contribution is 2.36. The third-order valence-corrected chi connectivity index (χ3v) is 4.96. The molecule has 1 aromatic carbocycles. The number of rotatable bonds is 4. The molecule has 0 atom stereocenters. The Hall–Kier alpha value is -2.34. The maximum absolute atomic E-state index is 5.93. The molecule has 1 fully saturated rings. The van der Waals surface area contributed by atoms with Gasteiger partial charge in [0.1, 0.15) is 17.2 Å². The van der Waals surface area contributed by atoms with E-state index in [-0.39, 0.29) is 11.6 Å². The van der Waals surface area contributed by atoms with Crippen LogP contribution in [0.15, 0.2) is 24.3 Å². The Kier molecular flexibility index (Phi) is 3.80. The van der Waals surface area contributed by atoms with E-state index in [1.807, 2.05) is 6.07 Å². The van der Waals surface area contributed by atoms with E-state index in [1.54, 1.807) is 0 Å². The molecule has 4 rings (SSSR count). The minimum Gasteiger partial charge on any atom is -0.487 e. The minimum absolute atomic E-state index is 0.117. The molecule has 1 aromatic heterocycles. The zero-order valence-corrected chi connectivity index (χ0v) is 14.7. The maximum atomic E-state index is 5.93. The Labute approximate surface area is 148 Å². The molecule has 5 N–H and O–H groups in total. The van der Waals surface area contributed by atoms with E-state index in [9.17, 15) is 0 Å². The molecule has 2 aliphatic rings. The molecule has 1 aliphatic heterocycles. The van der Waals surface area contributed by atoms with Crippen molar-refractivity contribution in [2.75, 3.05) is 11.1 Å². The molecule has 0 spiro atoms.